The molecular weight excluding hydrogens is 424 g/mol. The zero-order valence-electron chi connectivity index (χ0n) is 19.7. The average Bonchev–Trinajstić information content (AvgIpc) is 3.35. The van der Waals surface area contributed by atoms with Crippen LogP contribution in [0.15, 0.2) is 67.0 Å². The molecule has 2 N–H and O–H groups in total. The topological polar surface area (TPSA) is 79.5 Å². The minimum Gasteiger partial charge on any atom is -0.399 e. The summed E-state index contributed by atoms with van der Waals surface area (Å²) in [6, 6.07) is 17.8. The van der Waals surface area contributed by atoms with Gasteiger partial charge in [0.2, 0.25) is 11.8 Å². The molecular formula is C28H30N4O2. The quantitative estimate of drug-likeness (QED) is 0.588. The first-order chi connectivity index (χ1) is 16.3. The van der Waals surface area contributed by atoms with Crippen molar-refractivity contribution in [1.82, 2.24) is 4.98 Å². The number of anilines is 3. The SMILES string of the molecule is CC1(C)CN(C(=O)C2CC(=O)N(c3cccc(N)c3)C2)c2ccc(CCc3ccncc3)cc21. The van der Waals surface area contributed by atoms with Crippen LogP contribution in [-0.2, 0) is 27.8 Å². The summed E-state index contributed by atoms with van der Waals surface area (Å²) in [5, 5.41) is 0. The fraction of sp³-hybridized carbons (Fsp3) is 0.321. The Bertz CT molecular complexity index is 1240. The average molecular weight is 455 g/mol. The number of nitrogens with zero attached hydrogens (tertiary/aromatic N) is 3. The van der Waals surface area contributed by atoms with E-state index in [1.165, 1.54) is 16.7 Å². The van der Waals surface area contributed by atoms with E-state index in [4.69, 9.17) is 5.73 Å². The molecule has 2 aromatic carbocycles. The third-order valence-corrected chi connectivity index (χ3v) is 7.01. The van der Waals surface area contributed by atoms with Crippen molar-refractivity contribution in [3.8, 4) is 0 Å². The molecule has 3 heterocycles. The van der Waals surface area contributed by atoms with E-state index in [0.29, 0.717) is 18.8 Å². The number of carbonyl (C=O) groups is 2. The first-order valence-corrected chi connectivity index (χ1v) is 11.8. The predicted octanol–water partition coefficient (Wildman–Crippen LogP) is 4.13. The second-order valence-corrected chi connectivity index (χ2v) is 10.0. The van der Waals surface area contributed by atoms with Gasteiger partial charge < -0.3 is 15.5 Å². The van der Waals surface area contributed by atoms with E-state index in [-0.39, 0.29) is 29.6 Å². The maximum Gasteiger partial charge on any atom is 0.232 e. The number of fused-ring (bicyclic) bond motifs is 1. The summed E-state index contributed by atoms with van der Waals surface area (Å²) >= 11 is 0. The van der Waals surface area contributed by atoms with Gasteiger partial charge in [0.25, 0.3) is 0 Å². The molecule has 174 valence electrons. The van der Waals surface area contributed by atoms with Gasteiger partial charge in [-0.15, -0.1) is 0 Å². The van der Waals surface area contributed by atoms with Gasteiger partial charge in [0.15, 0.2) is 0 Å². The van der Waals surface area contributed by atoms with Gasteiger partial charge in [-0.1, -0.05) is 32.0 Å². The van der Waals surface area contributed by atoms with Crippen LogP contribution in [-0.4, -0.2) is 29.9 Å². The standard InChI is InChI=1S/C28H30N4O2/c1-28(2)18-32(25-9-8-20(14-24(25)28)7-6-19-10-12-30-13-11-19)27(34)21-15-26(33)31(17-21)23-5-3-4-22(29)16-23/h3-5,8-14,16,21H,6-7,15,17-18,29H2,1-2H3. The largest absolute Gasteiger partial charge is 0.399 e. The van der Waals surface area contributed by atoms with Crippen LogP contribution in [0.2, 0.25) is 0 Å². The van der Waals surface area contributed by atoms with Gasteiger partial charge in [-0.3, -0.25) is 14.6 Å². The number of carbonyl (C=O) groups excluding carboxylic acids is 2. The molecule has 2 aliphatic heterocycles. The molecule has 2 amide bonds. The molecule has 6 nitrogen and oxygen atoms in total. The Morgan fingerprint density at radius 2 is 1.82 bits per heavy atom. The van der Waals surface area contributed by atoms with Crippen LogP contribution in [0, 0.1) is 5.92 Å². The molecule has 5 rings (SSSR count). The van der Waals surface area contributed by atoms with E-state index in [0.717, 1.165) is 24.2 Å². The van der Waals surface area contributed by atoms with Crippen molar-refractivity contribution < 1.29 is 9.59 Å². The highest BCUT2D eigenvalue weighted by Gasteiger charge is 2.43. The molecule has 1 saturated heterocycles. The van der Waals surface area contributed by atoms with Crippen LogP contribution >= 0.6 is 0 Å². The molecule has 1 unspecified atom stereocenters. The van der Waals surface area contributed by atoms with Crippen molar-refractivity contribution in [2.24, 2.45) is 5.92 Å². The lowest BCUT2D eigenvalue weighted by Gasteiger charge is -2.23. The highest BCUT2D eigenvalue weighted by atomic mass is 16.2. The maximum absolute atomic E-state index is 13.6. The minimum absolute atomic E-state index is 0.0242. The van der Waals surface area contributed by atoms with Crippen molar-refractivity contribution in [2.45, 2.75) is 38.5 Å². The molecule has 6 heteroatoms. The van der Waals surface area contributed by atoms with E-state index in [1.807, 2.05) is 41.6 Å². The highest BCUT2D eigenvalue weighted by molar-refractivity contribution is 6.05. The van der Waals surface area contributed by atoms with Crippen LogP contribution < -0.4 is 15.5 Å². The van der Waals surface area contributed by atoms with Gasteiger partial charge >= 0.3 is 0 Å². The number of amides is 2. The minimum atomic E-state index is -0.359. The van der Waals surface area contributed by atoms with Gasteiger partial charge in [0, 0.05) is 54.4 Å². The Balaban J connectivity index is 1.33. The van der Waals surface area contributed by atoms with Crippen molar-refractivity contribution >= 4 is 28.9 Å². The van der Waals surface area contributed by atoms with Crippen molar-refractivity contribution in [2.75, 3.05) is 28.6 Å². The molecule has 0 radical (unpaired) electrons. The maximum atomic E-state index is 13.6. The fourth-order valence-electron chi connectivity index (χ4n) is 5.15. The van der Waals surface area contributed by atoms with Crippen LogP contribution in [0.25, 0.3) is 0 Å². The summed E-state index contributed by atoms with van der Waals surface area (Å²) in [6.07, 6.45) is 5.77. The molecule has 1 atom stereocenters. The summed E-state index contributed by atoms with van der Waals surface area (Å²) in [7, 11) is 0. The Morgan fingerprint density at radius 3 is 2.59 bits per heavy atom. The molecule has 3 aromatic rings. The van der Waals surface area contributed by atoms with Crippen molar-refractivity contribution in [3.05, 3.63) is 83.7 Å². The molecule has 2 aliphatic rings. The zero-order valence-corrected chi connectivity index (χ0v) is 19.7. The molecule has 34 heavy (non-hydrogen) atoms. The van der Waals surface area contributed by atoms with E-state index >= 15 is 0 Å². The highest BCUT2D eigenvalue weighted by Crippen LogP contribution is 2.42. The Labute approximate surface area is 200 Å². The predicted molar refractivity (Wildman–Crippen MR) is 135 cm³/mol. The summed E-state index contributed by atoms with van der Waals surface area (Å²) in [5.41, 5.74) is 11.8. The van der Waals surface area contributed by atoms with Crippen molar-refractivity contribution in [3.63, 3.8) is 0 Å². The van der Waals surface area contributed by atoms with Gasteiger partial charge in [-0.2, -0.15) is 0 Å². The molecule has 0 spiro atoms. The summed E-state index contributed by atoms with van der Waals surface area (Å²) in [4.78, 5) is 34.0. The second-order valence-electron chi connectivity index (χ2n) is 10.0. The van der Waals surface area contributed by atoms with Gasteiger partial charge in [-0.25, -0.2) is 0 Å². The molecule has 0 saturated carbocycles. The zero-order chi connectivity index (χ0) is 23.9. The first-order valence-electron chi connectivity index (χ1n) is 11.8. The Kier molecular flexibility index (Phi) is 5.60. The lowest BCUT2D eigenvalue weighted by molar-refractivity contribution is -0.124. The molecule has 1 fully saturated rings. The monoisotopic (exact) mass is 454 g/mol. The van der Waals surface area contributed by atoms with Gasteiger partial charge in [-0.05, 0) is 65.9 Å². The number of aromatic nitrogens is 1. The van der Waals surface area contributed by atoms with E-state index in [9.17, 15) is 9.59 Å². The number of nitrogen functional groups attached to an aromatic ring is 1. The third kappa shape index (κ3) is 4.16. The smallest absolute Gasteiger partial charge is 0.232 e. The lowest BCUT2D eigenvalue weighted by Crippen LogP contribution is -2.39. The third-order valence-electron chi connectivity index (χ3n) is 7.01. The summed E-state index contributed by atoms with van der Waals surface area (Å²) in [5.74, 6) is -0.368. The molecule has 0 bridgehead atoms. The number of nitrogens with two attached hydrogens (primary N) is 1. The number of pyridine rings is 1. The van der Waals surface area contributed by atoms with E-state index in [2.05, 4.69) is 37.0 Å². The van der Waals surface area contributed by atoms with Crippen LogP contribution in [0.4, 0.5) is 17.1 Å². The number of hydrogen-bond donors (Lipinski definition) is 1. The van der Waals surface area contributed by atoms with Crippen LogP contribution in [0.5, 0.6) is 0 Å². The fourth-order valence-corrected chi connectivity index (χ4v) is 5.15. The Morgan fingerprint density at radius 1 is 1.06 bits per heavy atom. The van der Waals surface area contributed by atoms with Crippen LogP contribution in [0.1, 0.15) is 37.0 Å². The number of hydrogen-bond acceptors (Lipinski definition) is 4. The van der Waals surface area contributed by atoms with E-state index in [1.54, 1.807) is 17.0 Å². The van der Waals surface area contributed by atoms with E-state index < -0.39 is 0 Å². The van der Waals surface area contributed by atoms with Crippen LogP contribution in [0.3, 0.4) is 0 Å². The second kappa shape index (κ2) is 8.60. The Hall–Kier alpha value is -3.67. The number of benzene rings is 2. The normalized spacial score (nSPS) is 18.9. The molecule has 0 aliphatic carbocycles. The van der Waals surface area contributed by atoms with Crippen molar-refractivity contribution in [1.29, 1.82) is 0 Å². The number of rotatable bonds is 5. The van der Waals surface area contributed by atoms with Gasteiger partial charge in [0.05, 0.1) is 5.92 Å². The van der Waals surface area contributed by atoms with Gasteiger partial charge in [0.1, 0.15) is 0 Å². The first kappa shape index (κ1) is 22.1. The lowest BCUT2D eigenvalue weighted by atomic mass is 9.85. The summed E-state index contributed by atoms with van der Waals surface area (Å²) < 4.78 is 0. The number of aryl methyl sites for hydroxylation is 2. The summed E-state index contributed by atoms with van der Waals surface area (Å²) in [6.45, 7) is 5.38. The molecule has 1 aromatic heterocycles.